The van der Waals surface area contributed by atoms with Crippen LogP contribution in [-0.2, 0) is 21.0 Å². The van der Waals surface area contributed by atoms with Crippen molar-refractivity contribution in [1.29, 1.82) is 0 Å². The first-order valence-corrected chi connectivity index (χ1v) is 12.6. The van der Waals surface area contributed by atoms with Crippen LogP contribution in [0, 0.1) is 0 Å². The fourth-order valence-corrected chi connectivity index (χ4v) is 5.22. The highest BCUT2D eigenvalue weighted by atomic mass is 35.5. The van der Waals surface area contributed by atoms with Crippen molar-refractivity contribution in [3.8, 4) is 0 Å². The summed E-state index contributed by atoms with van der Waals surface area (Å²) in [5.74, 6) is -0.113. The molecule has 1 aliphatic rings. The van der Waals surface area contributed by atoms with E-state index in [0.29, 0.717) is 11.6 Å². The lowest BCUT2D eigenvalue weighted by Crippen LogP contribution is -2.31. The third kappa shape index (κ3) is 5.57. The van der Waals surface area contributed by atoms with Crippen molar-refractivity contribution in [3.63, 3.8) is 0 Å². The van der Waals surface area contributed by atoms with Gasteiger partial charge in [0, 0.05) is 30.4 Å². The highest BCUT2D eigenvalue weighted by molar-refractivity contribution is 7.84. The van der Waals surface area contributed by atoms with E-state index in [0.717, 1.165) is 4.88 Å². The van der Waals surface area contributed by atoms with Crippen LogP contribution in [0.4, 0.5) is 5.82 Å². The number of nitrogens with one attached hydrogen (secondary N) is 2. The van der Waals surface area contributed by atoms with Crippen LogP contribution >= 0.6 is 22.9 Å². The summed E-state index contributed by atoms with van der Waals surface area (Å²) in [5.41, 5.74) is 0.423. The Kier molecular flexibility index (Phi) is 7.07. The summed E-state index contributed by atoms with van der Waals surface area (Å²) in [4.78, 5) is 22.1. The minimum Gasteiger partial charge on any atom is -0.390 e. The highest BCUT2D eigenvalue weighted by Gasteiger charge is 2.37. The number of ketones is 1. The van der Waals surface area contributed by atoms with Crippen LogP contribution < -0.4 is 10.0 Å². The van der Waals surface area contributed by atoms with Crippen LogP contribution in [0.25, 0.3) is 0 Å². The topological polar surface area (TPSA) is 148 Å². The van der Waals surface area contributed by atoms with Gasteiger partial charge in [0.05, 0.1) is 23.2 Å². The van der Waals surface area contributed by atoms with E-state index in [1.807, 2.05) is 5.38 Å². The molecule has 3 N–H and O–H groups in total. The lowest BCUT2D eigenvalue weighted by Gasteiger charge is -2.15. The van der Waals surface area contributed by atoms with Gasteiger partial charge in [0.1, 0.15) is 23.9 Å². The average Bonchev–Trinajstić information content (AvgIpc) is 3.50. The molecular formula is C19H21ClN6O5S2. The normalized spacial score (nSPS) is 20.8. The fourth-order valence-electron chi connectivity index (χ4n) is 3.51. The molecule has 33 heavy (non-hydrogen) atoms. The molecule has 0 spiro atoms. The van der Waals surface area contributed by atoms with Gasteiger partial charge in [0.2, 0.25) is 5.78 Å². The Labute approximate surface area is 199 Å². The summed E-state index contributed by atoms with van der Waals surface area (Å²) in [5, 5.41) is 20.2. The van der Waals surface area contributed by atoms with Crippen molar-refractivity contribution in [3.05, 3.63) is 57.4 Å². The maximum absolute atomic E-state index is 13.1. The van der Waals surface area contributed by atoms with E-state index in [1.165, 1.54) is 30.9 Å². The number of rotatable bonds is 9. The van der Waals surface area contributed by atoms with Gasteiger partial charge in [-0.25, -0.2) is 9.97 Å². The number of hydrogen-bond acceptors (Lipinski definition) is 10. The third-order valence-electron chi connectivity index (χ3n) is 5.14. The summed E-state index contributed by atoms with van der Waals surface area (Å²) in [7, 11) is -2.72. The Morgan fingerprint density at radius 2 is 2.21 bits per heavy atom. The zero-order valence-corrected chi connectivity index (χ0v) is 19.8. The van der Waals surface area contributed by atoms with Crippen molar-refractivity contribution in [2.45, 2.75) is 37.6 Å². The number of hydrogen-bond donors (Lipinski definition) is 3. The van der Waals surface area contributed by atoms with Gasteiger partial charge in [-0.1, -0.05) is 11.6 Å². The number of nitrogens with zero attached hydrogens (tertiary/aromatic N) is 4. The van der Waals surface area contributed by atoms with Crippen LogP contribution in [0.15, 0.2) is 36.2 Å². The summed E-state index contributed by atoms with van der Waals surface area (Å²) >= 11 is 7.64. The Morgan fingerprint density at radius 3 is 2.94 bits per heavy atom. The smallest absolute Gasteiger partial charge is 0.335 e. The zero-order valence-electron chi connectivity index (χ0n) is 17.4. The van der Waals surface area contributed by atoms with Gasteiger partial charge in [-0.2, -0.15) is 18.2 Å². The highest BCUT2D eigenvalue weighted by Crippen LogP contribution is 2.28. The quantitative estimate of drug-likeness (QED) is 0.362. The van der Waals surface area contributed by atoms with Gasteiger partial charge >= 0.3 is 10.3 Å². The molecule has 0 amide bonds. The molecule has 0 bridgehead atoms. The van der Waals surface area contributed by atoms with E-state index in [4.69, 9.17) is 15.8 Å². The summed E-state index contributed by atoms with van der Waals surface area (Å²) in [6.45, 7) is 0.442. The summed E-state index contributed by atoms with van der Waals surface area (Å²) in [6.07, 6.45) is 2.89. The number of anilines is 1. The maximum Gasteiger partial charge on any atom is 0.335 e. The lowest BCUT2D eigenvalue weighted by atomic mass is 10.1. The molecule has 0 saturated heterocycles. The van der Waals surface area contributed by atoms with Crippen molar-refractivity contribution in [2.24, 2.45) is 0 Å². The molecule has 0 radical (unpaired) electrons. The van der Waals surface area contributed by atoms with E-state index >= 15 is 0 Å². The predicted octanol–water partition coefficient (Wildman–Crippen LogP) is 1.45. The van der Waals surface area contributed by atoms with Crippen molar-refractivity contribution in [2.75, 3.05) is 12.4 Å². The summed E-state index contributed by atoms with van der Waals surface area (Å²) in [6, 6.07) is 3.05. The molecule has 176 valence electrons. The molecule has 3 atom stereocenters. The number of aliphatic hydroxyl groups is 1. The van der Waals surface area contributed by atoms with Gasteiger partial charge in [-0.05, 0) is 30.4 Å². The Balaban J connectivity index is 1.47. The molecule has 1 fully saturated rings. The zero-order chi connectivity index (χ0) is 23.6. The van der Waals surface area contributed by atoms with E-state index < -0.39 is 22.5 Å². The van der Waals surface area contributed by atoms with E-state index in [9.17, 15) is 18.3 Å². The first-order valence-electron chi connectivity index (χ1n) is 9.92. The Bertz CT molecular complexity index is 1250. The van der Waals surface area contributed by atoms with Crippen molar-refractivity contribution < 1.29 is 22.5 Å². The van der Waals surface area contributed by atoms with E-state index in [-0.39, 0.29) is 41.7 Å². The van der Waals surface area contributed by atoms with E-state index in [1.54, 1.807) is 23.0 Å². The molecule has 0 aliphatic heterocycles. The standard InChI is InChI=1S/C19H21ClN6O5S2/c1-21-33(29,30)31-16-7-11(6-15(16)27)24-19-12(8-22-10-23-19)18(28)14-2-4-26(25-14)9-17-13(20)3-5-32-17/h2-5,8,10-11,15-16,21,27H,6-7,9H2,1H3,(H,22,23,24)/t11-,15+,16-/m1/s1. The number of carbonyl (C=O) groups is 1. The second-order valence-electron chi connectivity index (χ2n) is 7.38. The van der Waals surface area contributed by atoms with Gasteiger partial charge in [0.15, 0.2) is 0 Å². The lowest BCUT2D eigenvalue weighted by molar-refractivity contribution is 0.0636. The molecule has 3 heterocycles. The Hall–Kier alpha value is -2.42. The number of aliphatic hydroxyl groups excluding tert-OH is 1. The molecule has 1 saturated carbocycles. The Morgan fingerprint density at radius 1 is 1.39 bits per heavy atom. The van der Waals surface area contributed by atoms with E-state index in [2.05, 4.69) is 25.1 Å². The fraction of sp³-hybridized carbons (Fsp3) is 0.368. The second-order valence-corrected chi connectivity index (χ2v) is 10.3. The molecular weight excluding hydrogens is 492 g/mol. The van der Waals surface area contributed by atoms with Crippen LogP contribution in [0.5, 0.6) is 0 Å². The van der Waals surface area contributed by atoms with Crippen LogP contribution in [-0.4, -0.2) is 64.4 Å². The predicted molar refractivity (Wildman–Crippen MR) is 122 cm³/mol. The minimum absolute atomic E-state index is 0.204. The largest absolute Gasteiger partial charge is 0.390 e. The summed E-state index contributed by atoms with van der Waals surface area (Å²) < 4.78 is 31.9. The monoisotopic (exact) mass is 512 g/mol. The number of carbonyl (C=O) groups excluding carboxylic acids is 1. The molecule has 3 aromatic heterocycles. The van der Waals surface area contributed by atoms with Crippen molar-refractivity contribution in [1.82, 2.24) is 24.5 Å². The molecule has 0 aromatic carbocycles. The second kappa shape index (κ2) is 9.83. The number of thiophene rings is 1. The van der Waals surface area contributed by atoms with Gasteiger partial charge in [-0.15, -0.1) is 11.3 Å². The number of halogens is 1. The van der Waals surface area contributed by atoms with Gasteiger partial charge in [-0.3, -0.25) is 13.7 Å². The molecule has 1 aliphatic carbocycles. The van der Waals surface area contributed by atoms with Gasteiger partial charge in [0.25, 0.3) is 0 Å². The third-order valence-corrected chi connectivity index (χ3v) is 7.51. The number of aromatic nitrogens is 4. The molecule has 0 unspecified atom stereocenters. The molecule has 4 rings (SSSR count). The molecule has 14 heteroatoms. The maximum atomic E-state index is 13.1. The van der Waals surface area contributed by atoms with Crippen molar-refractivity contribution >= 4 is 44.8 Å². The van der Waals surface area contributed by atoms with Crippen LogP contribution in [0.3, 0.4) is 0 Å². The molecule has 3 aromatic rings. The first kappa shape index (κ1) is 23.7. The molecule has 11 nitrogen and oxygen atoms in total. The SMILES string of the molecule is CNS(=O)(=O)O[C@@H]1C[C@H](Nc2ncncc2C(=O)c2ccn(Cc3sccc3Cl)n2)C[C@@H]1O. The van der Waals surface area contributed by atoms with Crippen LogP contribution in [0.1, 0.15) is 33.8 Å². The van der Waals surface area contributed by atoms with Gasteiger partial charge < -0.3 is 10.4 Å². The van der Waals surface area contributed by atoms with Crippen LogP contribution in [0.2, 0.25) is 5.02 Å². The minimum atomic E-state index is -3.94. The average molecular weight is 513 g/mol. The first-order chi connectivity index (χ1) is 15.8.